The molecule has 0 atom stereocenters. The smallest absolute Gasteiger partial charge is 0.222 e. The molecular formula is C10H16ClN3O. The third-order valence-electron chi connectivity index (χ3n) is 2.31. The van der Waals surface area contributed by atoms with Crippen LogP contribution in [0.2, 0.25) is 5.02 Å². The summed E-state index contributed by atoms with van der Waals surface area (Å²) < 4.78 is 1.81. The second kappa shape index (κ2) is 5.16. The lowest BCUT2D eigenvalue weighted by molar-refractivity contribution is -0.130. The zero-order valence-electron chi connectivity index (χ0n) is 9.33. The van der Waals surface area contributed by atoms with Crippen LogP contribution in [0.4, 0.5) is 0 Å². The Balaban J connectivity index is 2.79. The molecular weight excluding hydrogens is 214 g/mol. The van der Waals surface area contributed by atoms with E-state index in [2.05, 4.69) is 5.10 Å². The first-order chi connectivity index (χ1) is 7.10. The van der Waals surface area contributed by atoms with E-state index in [0.717, 1.165) is 12.2 Å². The number of amides is 1. The van der Waals surface area contributed by atoms with E-state index in [1.165, 1.54) is 0 Å². The van der Waals surface area contributed by atoms with Gasteiger partial charge in [0.2, 0.25) is 5.91 Å². The summed E-state index contributed by atoms with van der Waals surface area (Å²) in [6.07, 6.45) is 2.12. The molecule has 15 heavy (non-hydrogen) atoms. The van der Waals surface area contributed by atoms with Gasteiger partial charge < -0.3 is 4.90 Å². The van der Waals surface area contributed by atoms with Crippen LogP contribution in [0.1, 0.15) is 26.0 Å². The highest BCUT2D eigenvalue weighted by atomic mass is 35.5. The van der Waals surface area contributed by atoms with Gasteiger partial charge in [-0.2, -0.15) is 5.10 Å². The summed E-state index contributed by atoms with van der Waals surface area (Å²) in [4.78, 5) is 13.1. The maximum Gasteiger partial charge on any atom is 0.222 e. The van der Waals surface area contributed by atoms with Crippen LogP contribution in [0.25, 0.3) is 0 Å². The van der Waals surface area contributed by atoms with Gasteiger partial charge in [-0.15, -0.1) is 0 Å². The highest BCUT2D eigenvalue weighted by Crippen LogP contribution is 2.16. The van der Waals surface area contributed by atoms with Gasteiger partial charge >= 0.3 is 0 Å². The number of aryl methyl sites for hydroxylation is 1. The Morgan fingerprint density at radius 2 is 2.27 bits per heavy atom. The minimum Gasteiger partial charge on any atom is -0.340 e. The highest BCUT2D eigenvalue weighted by Gasteiger charge is 2.13. The first-order valence-corrected chi connectivity index (χ1v) is 5.42. The van der Waals surface area contributed by atoms with Gasteiger partial charge in [0.05, 0.1) is 23.5 Å². The van der Waals surface area contributed by atoms with Crippen molar-refractivity contribution in [2.24, 2.45) is 0 Å². The zero-order valence-corrected chi connectivity index (χ0v) is 10.1. The van der Waals surface area contributed by atoms with Crippen molar-refractivity contribution < 1.29 is 4.79 Å². The Bertz CT molecular complexity index is 348. The van der Waals surface area contributed by atoms with Crippen LogP contribution in [-0.2, 0) is 17.9 Å². The van der Waals surface area contributed by atoms with Crippen molar-refractivity contribution in [2.75, 3.05) is 7.05 Å². The average Bonchev–Trinajstić information content (AvgIpc) is 2.59. The SMILES string of the molecule is CCC(=O)N(C)Cc1c(Cl)cnn1CC. The molecule has 0 aliphatic carbocycles. The Morgan fingerprint density at radius 3 is 2.80 bits per heavy atom. The average molecular weight is 230 g/mol. The standard InChI is InChI=1S/C10H16ClN3O/c1-4-10(15)13(3)7-9-8(11)6-12-14(9)5-2/h6H,4-5,7H2,1-3H3. The summed E-state index contributed by atoms with van der Waals surface area (Å²) in [5.74, 6) is 0.106. The normalized spacial score (nSPS) is 10.4. The molecule has 5 heteroatoms. The van der Waals surface area contributed by atoms with Crippen LogP contribution < -0.4 is 0 Å². The lowest BCUT2D eigenvalue weighted by Gasteiger charge is -2.17. The number of halogens is 1. The monoisotopic (exact) mass is 229 g/mol. The lowest BCUT2D eigenvalue weighted by atomic mass is 10.3. The van der Waals surface area contributed by atoms with Gasteiger partial charge in [0.15, 0.2) is 0 Å². The van der Waals surface area contributed by atoms with Crippen LogP contribution in [0, 0.1) is 0 Å². The van der Waals surface area contributed by atoms with Crippen LogP contribution >= 0.6 is 11.6 Å². The highest BCUT2D eigenvalue weighted by molar-refractivity contribution is 6.31. The molecule has 1 aromatic heterocycles. The first-order valence-electron chi connectivity index (χ1n) is 5.04. The summed E-state index contributed by atoms with van der Waals surface area (Å²) in [5.41, 5.74) is 0.892. The molecule has 1 heterocycles. The molecule has 0 radical (unpaired) electrons. The Kier molecular flexibility index (Phi) is 4.15. The molecule has 0 N–H and O–H groups in total. The van der Waals surface area contributed by atoms with Crippen molar-refractivity contribution in [2.45, 2.75) is 33.4 Å². The fourth-order valence-corrected chi connectivity index (χ4v) is 1.60. The van der Waals surface area contributed by atoms with E-state index in [4.69, 9.17) is 11.6 Å². The van der Waals surface area contributed by atoms with Crippen LogP contribution in [-0.4, -0.2) is 27.6 Å². The second-order valence-corrected chi connectivity index (χ2v) is 3.77. The van der Waals surface area contributed by atoms with E-state index in [-0.39, 0.29) is 5.91 Å². The molecule has 84 valence electrons. The van der Waals surface area contributed by atoms with Crippen LogP contribution in [0.15, 0.2) is 6.20 Å². The van der Waals surface area contributed by atoms with Crippen molar-refractivity contribution in [3.05, 3.63) is 16.9 Å². The van der Waals surface area contributed by atoms with Gasteiger partial charge in [-0.25, -0.2) is 0 Å². The topological polar surface area (TPSA) is 38.1 Å². The molecule has 0 saturated heterocycles. The van der Waals surface area contributed by atoms with E-state index in [9.17, 15) is 4.79 Å². The van der Waals surface area contributed by atoms with Gasteiger partial charge in [-0.3, -0.25) is 9.48 Å². The summed E-state index contributed by atoms with van der Waals surface area (Å²) in [7, 11) is 1.77. The fourth-order valence-electron chi connectivity index (χ4n) is 1.40. The predicted molar refractivity (Wildman–Crippen MR) is 59.7 cm³/mol. The molecule has 0 fully saturated rings. The second-order valence-electron chi connectivity index (χ2n) is 3.36. The molecule has 1 rings (SSSR count). The van der Waals surface area contributed by atoms with Crippen molar-refractivity contribution in [3.8, 4) is 0 Å². The number of rotatable bonds is 4. The number of hydrogen-bond donors (Lipinski definition) is 0. The largest absolute Gasteiger partial charge is 0.340 e. The predicted octanol–water partition coefficient (Wildman–Crippen LogP) is 1.92. The minimum absolute atomic E-state index is 0.106. The summed E-state index contributed by atoms with van der Waals surface area (Å²) in [6.45, 7) is 5.11. The zero-order chi connectivity index (χ0) is 11.4. The van der Waals surface area contributed by atoms with Crippen molar-refractivity contribution in [1.29, 1.82) is 0 Å². The van der Waals surface area contributed by atoms with E-state index in [1.807, 2.05) is 18.5 Å². The number of carbonyl (C=O) groups excluding carboxylic acids is 1. The maximum atomic E-state index is 11.4. The molecule has 0 aromatic carbocycles. The Morgan fingerprint density at radius 1 is 1.60 bits per heavy atom. The lowest BCUT2D eigenvalue weighted by Crippen LogP contribution is -2.26. The Hall–Kier alpha value is -1.03. The van der Waals surface area contributed by atoms with Gasteiger partial charge in [0.25, 0.3) is 0 Å². The van der Waals surface area contributed by atoms with Gasteiger partial charge in [-0.1, -0.05) is 18.5 Å². The number of carbonyl (C=O) groups is 1. The van der Waals surface area contributed by atoms with Crippen LogP contribution in [0.5, 0.6) is 0 Å². The molecule has 0 aliphatic heterocycles. The van der Waals surface area contributed by atoms with Crippen molar-refractivity contribution >= 4 is 17.5 Å². The molecule has 0 unspecified atom stereocenters. The molecule has 0 bridgehead atoms. The molecule has 1 amide bonds. The number of hydrogen-bond acceptors (Lipinski definition) is 2. The van der Waals surface area contributed by atoms with Gasteiger partial charge in [-0.05, 0) is 6.92 Å². The molecule has 0 saturated carbocycles. The van der Waals surface area contributed by atoms with Crippen LogP contribution in [0.3, 0.4) is 0 Å². The summed E-state index contributed by atoms with van der Waals surface area (Å²) >= 11 is 5.99. The van der Waals surface area contributed by atoms with E-state index < -0.39 is 0 Å². The minimum atomic E-state index is 0.106. The van der Waals surface area contributed by atoms with Crippen molar-refractivity contribution in [3.63, 3.8) is 0 Å². The fraction of sp³-hybridized carbons (Fsp3) is 0.600. The third-order valence-corrected chi connectivity index (χ3v) is 2.63. The summed E-state index contributed by atoms with van der Waals surface area (Å²) in [6, 6.07) is 0. The van der Waals surface area contributed by atoms with E-state index >= 15 is 0 Å². The number of aromatic nitrogens is 2. The molecule has 1 aromatic rings. The van der Waals surface area contributed by atoms with E-state index in [0.29, 0.717) is 18.0 Å². The Labute approximate surface area is 94.8 Å². The molecule has 4 nitrogen and oxygen atoms in total. The van der Waals surface area contributed by atoms with Crippen molar-refractivity contribution in [1.82, 2.24) is 14.7 Å². The van der Waals surface area contributed by atoms with Gasteiger partial charge in [0.1, 0.15) is 0 Å². The third kappa shape index (κ3) is 2.72. The molecule has 0 aliphatic rings. The quantitative estimate of drug-likeness (QED) is 0.791. The molecule has 0 spiro atoms. The first kappa shape index (κ1) is 12.0. The van der Waals surface area contributed by atoms with Gasteiger partial charge in [0, 0.05) is 20.0 Å². The maximum absolute atomic E-state index is 11.4. The number of nitrogens with zero attached hydrogens (tertiary/aromatic N) is 3. The van der Waals surface area contributed by atoms with E-state index in [1.54, 1.807) is 18.1 Å². The summed E-state index contributed by atoms with van der Waals surface area (Å²) in [5, 5.41) is 4.74.